The largest absolute Gasteiger partial charge is 0.361 e. The van der Waals surface area contributed by atoms with Gasteiger partial charge in [0, 0.05) is 27.5 Å². The lowest BCUT2D eigenvalue weighted by Gasteiger charge is -2.18. The van der Waals surface area contributed by atoms with Crippen LogP contribution in [0.25, 0.3) is 5.57 Å². The summed E-state index contributed by atoms with van der Waals surface area (Å²) in [5, 5.41) is 5.54. The minimum Gasteiger partial charge on any atom is -0.361 e. The first-order valence-electron chi connectivity index (χ1n) is 8.80. The minimum absolute atomic E-state index is 0.373. The van der Waals surface area contributed by atoms with E-state index in [4.69, 9.17) is 0 Å². The van der Waals surface area contributed by atoms with E-state index < -0.39 is 5.91 Å². The van der Waals surface area contributed by atoms with E-state index in [0.717, 1.165) is 29.5 Å². The Labute approximate surface area is 167 Å². The van der Waals surface area contributed by atoms with E-state index >= 15 is 0 Å². The van der Waals surface area contributed by atoms with Crippen molar-refractivity contribution in [3.05, 3.63) is 69.8 Å². The number of carbonyl (C=O) groups excluding carboxylic acids is 2. The summed E-state index contributed by atoms with van der Waals surface area (Å²) in [5.74, 6) is -0.778. The molecule has 2 aromatic rings. The lowest BCUT2D eigenvalue weighted by atomic mass is 9.95. The molecule has 0 radical (unpaired) electrons. The van der Waals surface area contributed by atoms with Gasteiger partial charge in [0.25, 0.3) is 11.8 Å². The van der Waals surface area contributed by atoms with Crippen LogP contribution < -0.4 is 10.6 Å². The van der Waals surface area contributed by atoms with Crippen molar-refractivity contribution in [1.29, 1.82) is 0 Å². The van der Waals surface area contributed by atoms with Gasteiger partial charge in [-0.1, -0.05) is 28.1 Å². The Kier molecular flexibility index (Phi) is 6.08. The molecule has 3 rings (SSSR count). The second kappa shape index (κ2) is 8.50. The first-order valence-corrected chi connectivity index (χ1v) is 9.59. The first kappa shape index (κ1) is 19.3. The van der Waals surface area contributed by atoms with E-state index in [2.05, 4.69) is 57.7 Å². The van der Waals surface area contributed by atoms with Gasteiger partial charge in [-0.15, -0.1) is 0 Å². The van der Waals surface area contributed by atoms with Crippen LogP contribution in [-0.4, -0.2) is 37.4 Å². The summed E-state index contributed by atoms with van der Waals surface area (Å²) < 4.78 is 0.816. The maximum absolute atomic E-state index is 12.3. The van der Waals surface area contributed by atoms with Crippen LogP contribution in [0.3, 0.4) is 0 Å². The van der Waals surface area contributed by atoms with Crippen molar-refractivity contribution in [1.82, 2.24) is 10.2 Å². The molecule has 5 nitrogen and oxygen atoms in total. The van der Waals surface area contributed by atoms with Gasteiger partial charge in [-0.3, -0.25) is 14.9 Å². The summed E-state index contributed by atoms with van der Waals surface area (Å²) in [7, 11) is 4.15. The molecule has 0 aliphatic carbocycles. The lowest BCUT2D eigenvalue weighted by Crippen LogP contribution is -2.36. The number of amides is 2. The van der Waals surface area contributed by atoms with Crippen LogP contribution in [0.4, 0.5) is 5.69 Å². The van der Waals surface area contributed by atoms with Gasteiger partial charge < -0.3 is 10.2 Å². The van der Waals surface area contributed by atoms with E-state index in [1.54, 1.807) is 24.4 Å². The van der Waals surface area contributed by atoms with Crippen molar-refractivity contribution in [3.8, 4) is 0 Å². The van der Waals surface area contributed by atoms with Crippen LogP contribution in [-0.2, 0) is 11.2 Å². The fourth-order valence-electron chi connectivity index (χ4n) is 2.96. The molecular formula is C21H22BrN3O2. The lowest BCUT2D eigenvalue weighted by molar-refractivity contribution is -0.114. The molecule has 0 aromatic heterocycles. The molecule has 1 aliphatic rings. The van der Waals surface area contributed by atoms with Gasteiger partial charge in [0.2, 0.25) is 0 Å². The molecule has 140 valence electrons. The number of nitrogens with zero attached hydrogens (tertiary/aromatic N) is 1. The number of carbonyl (C=O) groups is 2. The second-order valence-electron chi connectivity index (χ2n) is 6.78. The number of benzene rings is 2. The van der Waals surface area contributed by atoms with E-state index in [1.807, 2.05) is 12.1 Å². The van der Waals surface area contributed by atoms with Crippen molar-refractivity contribution < 1.29 is 9.59 Å². The molecule has 0 saturated carbocycles. The van der Waals surface area contributed by atoms with Crippen molar-refractivity contribution in [2.45, 2.75) is 12.8 Å². The Morgan fingerprint density at radius 2 is 1.78 bits per heavy atom. The average Bonchev–Trinajstić information content (AvgIpc) is 2.62. The van der Waals surface area contributed by atoms with Gasteiger partial charge in [0.15, 0.2) is 0 Å². The highest BCUT2D eigenvalue weighted by molar-refractivity contribution is 9.10. The fraction of sp³-hybridized carbons (Fsp3) is 0.238. The predicted molar refractivity (Wildman–Crippen MR) is 112 cm³/mol. The van der Waals surface area contributed by atoms with E-state index in [0.29, 0.717) is 16.7 Å². The topological polar surface area (TPSA) is 61.4 Å². The number of rotatable bonds is 6. The molecule has 0 saturated heterocycles. The Morgan fingerprint density at radius 3 is 2.48 bits per heavy atom. The van der Waals surface area contributed by atoms with Crippen molar-refractivity contribution in [2.24, 2.45) is 0 Å². The summed E-state index contributed by atoms with van der Waals surface area (Å²) in [4.78, 5) is 26.4. The zero-order chi connectivity index (χ0) is 19.4. The number of nitrogens with one attached hydrogen (secondary N) is 2. The Bertz CT molecular complexity index is 889. The molecular weight excluding hydrogens is 406 g/mol. The molecule has 1 aliphatic heterocycles. The monoisotopic (exact) mass is 427 g/mol. The highest BCUT2D eigenvalue weighted by atomic mass is 79.9. The number of anilines is 1. The van der Waals surface area contributed by atoms with Crippen LogP contribution in [0.2, 0.25) is 0 Å². The van der Waals surface area contributed by atoms with Crippen LogP contribution in [0.1, 0.15) is 27.9 Å². The SMILES string of the molecule is CN(C)CCCc1ccc(N/C=C2\C(=O)NC(=O)c3ccc(Br)cc32)cc1. The molecule has 0 spiro atoms. The van der Waals surface area contributed by atoms with Gasteiger partial charge in [-0.2, -0.15) is 0 Å². The Hall–Kier alpha value is -2.44. The first-order chi connectivity index (χ1) is 12.9. The van der Waals surface area contributed by atoms with Crippen molar-refractivity contribution in [2.75, 3.05) is 26.0 Å². The molecule has 0 fully saturated rings. The summed E-state index contributed by atoms with van der Waals surface area (Å²) in [6.07, 6.45) is 3.79. The molecule has 0 bridgehead atoms. The minimum atomic E-state index is -0.404. The predicted octanol–water partition coefficient (Wildman–Crippen LogP) is 3.67. The second-order valence-corrected chi connectivity index (χ2v) is 7.69. The average molecular weight is 428 g/mol. The van der Waals surface area contributed by atoms with Crippen LogP contribution in [0.15, 0.2) is 53.1 Å². The normalized spacial score (nSPS) is 15.0. The van der Waals surface area contributed by atoms with E-state index in [-0.39, 0.29) is 5.91 Å². The Balaban J connectivity index is 1.74. The smallest absolute Gasteiger partial charge is 0.260 e. The summed E-state index contributed by atoms with van der Waals surface area (Å²) in [5.41, 5.74) is 3.71. The molecule has 2 amide bonds. The molecule has 2 N–H and O–H groups in total. The number of fused-ring (bicyclic) bond motifs is 1. The molecule has 1 heterocycles. The summed E-state index contributed by atoms with van der Waals surface area (Å²) >= 11 is 3.40. The molecule has 0 atom stereocenters. The maximum Gasteiger partial charge on any atom is 0.260 e. The quantitative estimate of drug-likeness (QED) is 0.545. The summed E-state index contributed by atoms with van der Waals surface area (Å²) in [6, 6.07) is 13.4. The number of hydrogen-bond acceptors (Lipinski definition) is 4. The van der Waals surface area contributed by atoms with Gasteiger partial charge in [0.05, 0.1) is 5.57 Å². The third-order valence-electron chi connectivity index (χ3n) is 4.40. The Morgan fingerprint density at radius 1 is 1.04 bits per heavy atom. The fourth-order valence-corrected chi connectivity index (χ4v) is 3.32. The maximum atomic E-state index is 12.3. The van der Waals surface area contributed by atoms with Gasteiger partial charge in [-0.05, 0) is 69.4 Å². The number of aryl methyl sites for hydroxylation is 1. The van der Waals surface area contributed by atoms with E-state index in [1.165, 1.54) is 5.56 Å². The van der Waals surface area contributed by atoms with Crippen LogP contribution in [0.5, 0.6) is 0 Å². The highest BCUT2D eigenvalue weighted by Crippen LogP contribution is 2.27. The molecule has 2 aromatic carbocycles. The van der Waals surface area contributed by atoms with Crippen molar-refractivity contribution >= 4 is 39.0 Å². The molecule has 27 heavy (non-hydrogen) atoms. The third-order valence-corrected chi connectivity index (χ3v) is 4.89. The zero-order valence-electron chi connectivity index (χ0n) is 15.4. The van der Waals surface area contributed by atoms with Crippen molar-refractivity contribution in [3.63, 3.8) is 0 Å². The van der Waals surface area contributed by atoms with Gasteiger partial charge >= 0.3 is 0 Å². The molecule has 6 heteroatoms. The number of hydrogen-bond donors (Lipinski definition) is 2. The van der Waals surface area contributed by atoms with Gasteiger partial charge in [-0.25, -0.2) is 0 Å². The van der Waals surface area contributed by atoms with Crippen LogP contribution in [0, 0.1) is 0 Å². The number of halogens is 1. The molecule has 0 unspecified atom stereocenters. The highest BCUT2D eigenvalue weighted by Gasteiger charge is 2.27. The van der Waals surface area contributed by atoms with E-state index in [9.17, 15) is 9.59 Å². The third kappa shape index (κ3) is 4.84. The zero-order valence-corrected chi connectivity index (χ0v) is 17.0. The van der Waals surface area contributed by atoms with Crippen LogP contribution >= 0.6 is 15.9 Å². The number of imide groups is 1. The standard InChI is InChI=1S/C21H22BrN3O2/c1-25(2)11-3-4-14-5-8-16(9-6-14)23-13-19-18-12-15(22)7-10-17(18)20(26)24-21(19)27/h5-10,12-13,23H,3-4,11H2,1-2H3,(H,24,26,27)/b19-13-. The summed E-state index contributed by atoms with van der Waals surface area (Å²) in [6.45, 7) is 1.06. The van der Waals surface area contributed by atoms with Gasteiger partial charge in [0.1, 0.15) is 0 Å².